The normalized spacial score (nSPS) is 29.5. The van der Waals surface area contributed by atoms with E-state index in [0.29, 0.717) is 0 Å². The molecule has 1 rings (SSSR count). The molecule has 0 aromatic heterocycles. The molecule has 0 aromatic carbocycles. The fourth-order valence-corrected chi connectivity index (χ4v) is 1.91. The van der Waals surface area contributed by atoms with Gasteiger partial charge >= 0.3 is 18.9 Å². The minimum atomic E-state index is -0.229. The van der Waals surface area contributed by atoms with Crippen molar-refractivity contribution in [2.75, 3.05) is 0 Å². The fourth-order valence-electron chi connectivity index (χ4n) is 1.91. The van der Waals surface area contributed by atoms with Gasteiger partial charge in [0.2, 0.25) is 0 Å². The van der Waals surface area contributed by atoms with Crippen molar-refractivity contribution in [2.24, 2.45) is 5.92 Å². The zero-order valence-corrected chi connectivity index (χ0v) is 8.51. The number of rotatable bonds is 3. The summed E-state index contributed by atoms with van der Waals surface area (Å²) in [7, 11) is 0. The molecule has 0 heterocycles. The second kappa shape index (κ2) is 7.01. The average Bonchev–Trinajstić information content (AvgIpc) is 2.04. The minimum absolute atomic E-state index is 0. The van der Waals surface area contributed by atoms with Crippen LogP contribution in [0.25, 0.3) is 0 Å². The Morgan fingerprint density at radius 2 is 1.75 bits per heavy atom. The van der Waals surface area contributed by atoms with Gasteiger partial charge in [0.1, 0.15) is 0 Å². The van der Waals surface area contributed by atoms with Crippen LogP contribution in [0, 0.1) is 5.92 Å². The Bertz CT molecular complexity index is 95.3. The van der Waals surface area contributed by atoms with E-state index in [1.54, 1.807) is 0 Å². The molecule has 0 aromatic rings. The van der Waals surface area contributed by atoms with Gasteiger partial charge in [0.05, 0.1) is 0 Å². The third-order valence-electron chi connectivity index (χ3n) is 2.76. The van der Waals surface area contributed by atoms with Crippen molar-refractivity contribution in [1.82, 2.24) is 0 Å². The second-order valence-corrected chi connectivity index (χ2v) is 3.78. The van der Waals surface area contributed by atoms with Gasteiger partial charge in [0.25, 0.3) is 0 Å². The maximum atomic E-state index is 11.0. The van der Waals surface area contributed by atoms with Crippen LogP contribution in [0.1, 0.15) is 51.9 Å². The Hall–Kier alpha value is 0.557. The van der Waals surface area contributed by atoms with Crippen molar-refractivity contribution < 1.29 is 24.0 Å². The van der Waals surface area contributed by atoms with Crippen molar-refractivity contribution in [3.8, 4) is 0 Å². The van der Waals surface area contributed by atoms with Crippen LogP contribution in [0.15, 0.2) is 0 Å². The van der Waals surface area contributed by atoms with E-state index in [2.05, 4.69) is 6.92 Å². The van der Waals surface area contributed by atoms with Crippen LogP contribution in [0.5, 0.6) is 0 Å². The first kappa shape index (κ1) is 12.6. The van der Waals surface area contributed by atoms with E-state index in [4.69, 9.17) is 0 Å². The molecule has 0 saturated heterocycles. The second-order valence-electron chi connectivity index (χ2n) is 3.78. The van der Waals surface area contributed by atoms with Crippen LogP contribution >= 0.6 is 0 Å². The summed E-state index contributed by atoms with van der Waals surface area (Å²) >= 11 is 0. The summed E-state index contributed by atoms with van der Waals surface area (Å²) in [5.41, 5.74) is 0. The SMILES string of the molecule is CCCCC1CCC([O-])CC1.[Li+]. The Morgan fingerprint density at radius 3 is 2.25 bits per heavy atom. The van der Waals surface area contributed by atoms with Crippen molar-refractivity contribution in [2.45, 2.75) is 58.0 Å². The number of hydrogen-bond acceptors (Lipinski definition) is 1. The van der Waals surface area contributed by atoms with E-state index in [1.807, 2.05) is 0 Å². The Kier molecular flexibility index (Phi) is 7.33. The van der Waals surface area contributed by atoms with E-state index in [0.717, 1.165) is 18.8 Å². The van der Waals surface area contributed by atoms with Gasteiger partial charge < -0.3 is 5.11 Å². The van der Waals surface area contributed by atoms with Gasteiger partial charge in [0, 0.05) is 0 Å². The third kappa shape index (κ3) is 4.55. The van der Waals surface area contributed by atoms with Crippen LogP contribution in [0.2, 0.25) is 0 Å². The van der Waals surface area contributed by atoms with Crippen LogP contribution < -0.4 is 24.0 Å². The summed E-state index contributed by atoms with van der Waals surface area (Å²) in [4.78, 5) is 0. The molecule has 1 aliphatic rings. The molecule has 0 atom stereocenters. The van der Waals surface area contributed by atoms with Crippen LogP contribution in [0.4, 0.5) is 0 Å². The molecular weight excluding hydrogens is 143 g/mol. The first-order valence-corrected chi connectivity index (χ1v) is 4.98. The maximum absolute atomic E-state index is 11.0. The Labute approximate surface area is 88.1 Å². The molecule has 2 heteroatoms. The topological polar surface area (TPSA) is 23.1 Å². The number of unbranched alkanes of at least 4 members (excludes halogenated alkanes) is 1. The summed E-state index contributed by atoms with van der Waals surface area (Å²) in [6, 6.07) is 0. The molecule has 1 aliphatic carbocycles. The van der Waals surface area contributed by atoms with E-state index < -0.39 is 0 Å². The molecule has 0 aliphatic heterocycles. The van der Waals surface area contributed by atoms with Crippen molar-refractivity contribution in [1.29, 1.82) is 0 Å². The smallest absolute Gasteiger partial charge is 0.852 e. The van der Waals surface area contributed by atoms with E-state index in [-0.39, 0.29) is 25.0 Å². The summed E-state index contributed by atoms with van der Waals surface area (Å²) in [6.07, 6.45) is 8.08. The van der Waals surface area contributed by atoms with Gasteiger partial charge in [0.15, 0.2) is 0 Å². The van der Waals surface area contributed by atoms with Gasteiger partial charge in [-0.1, -0.05) is 51.9 Å². The van der Waals surface area contributed by atoms with Crippen LogP contribution in [-0.2, 0) is 0 Å². The predicted molar refractivity (Wildman–Crippen MR) is 45.3 cm³/mol. The quantitative estimate of drug-likeness (QED) is 0.493. The van der Waals surface area contributed by atoms with Gasteiger partial charge in [-0.2, -0.15) is 0 Å². The molecule has 0 amide bonds. The molecule has 1 saturated carbocycles. The predicted octanol–water partition coefficient (Wildman–Crippen LogP) is -0.900. The Balaban J connectivity index is 0.00000121. The molecule has 0 radical (unpaired) electrons. The van der Waals surface area contributed by atoms with Crippen molar-refractivity contribution in [3.63, 3.8) is 0 Å². The molecular formula is C10H19LiO. The molecule has 0 spiro atoms. The van der Waals surface area contributed by atoms with Crippen LogP contribution in [-0.4, -0.2) is 6.10 Å². The Morgan fingerprint density at radius 1 is 1.17 bits per heavy atom. The first-order valence-electron chi connectivity index (χ1n) is 4.98. The monoisotopic (exact) mass is 162 g/mol. The molecule has 0 unspecified atom stereocenters. The summed E-state index contributed by atoms with van der Waals surface area (Å²) < 4.78 is 0. The minimum Gasteiger partial charge on any atom is -0.852 e. The van der Waals surface area contributed by atoms with Gasteiger partial charge in [-0.25, -0.2) is 0 Å². The largest absolute Gasteiger partial charge is 1.00 e. The fraction of sp³-hybridized carbons (Fsp3) is 1.00. The van der Waals surface area contributed by atoms with Gasteiger partial charge in [-0.05, 0) is 5.92 Å². The molecule has 66 valence electrons. The van der Waals surface area contributed by atoms with E-state index in [1.165, 1.54) is 32.1 Å². The van der Waals surface area contributed by atoms with Gasteiger partial charge in [-0.3, -0.25) is 0 Å². The van der Waals surface area contributed by atoms with Crippen molar-refractivity contribution in [3.05, 3.63) is 0 Å². The maximum Gasteiger partial charge on any atom is 1.00 e. The number of hydrogen-bond donors (Lipinski definition) is 0. The molecule has 1 fully saturated rings. The zero-order valence-electron chi connectivity index (χ0n) is 8.51. The third-order valence-corrected chi connectivity index (χ3v) is 2.76. The average molecular weight is 162 g/mol. The molecule has 1 nitrogen and oxygen atoms in total. The van der Waals surface area contributed by atoms with E-state index in [9.17, 15) is 5.11 Å². The van der Waals surface area contributed by atoms with Crippen LogP contribution in [0.3, 0.4) is 0 Å². The molecule has 12 heavy (non-hydrogen) atoms. The van der Waals surface area contributed by atoms with E-state index >= 15 is 0 Å². The summed E-state index contributed by atoms with van der Waals surface area (Å²) in [5.74, 6) is 0.889. The first-order chi connectivity index (χ1) is 5.33. The standard InChI is InChI=1S/C10H19O.Li/c1-2-3-4-9-5-7-10(11)8-6-9;/h9-10H,2-8H2,1H3;/q-1;+1. The molecule has 0 N–H and O–H groups in total. The molecule has 0 bridgehead atoms. The summed E-state index contributed by atoms with van der Waals surface area (Å²) in [5, 5.41) is 11.0. The zero-order chi connectivity index (χ0) is 8.10. The van der Waals surface area contributed by atoms with Gasteiger partial charge in [-0.15, -0.1) is 6.10 Å². The summed E-state index contributed by atoms with van der Waals surface area (Å²) in [6.45, 7) is 2.24. The van der Waals surface area contributed by atoms with Crippen molar-refractivity contribution >= 4 is 0 Å².